The molecule has 0 aromatic heterocycles. The van der Waals surface area contributed by atoms with Crippen LogP contribution in [-0.2, 0) is 38.3 Å². The van der Waals surface area contributed by atoms with Gasteiger partial charge in [0.15, 0.2) is 6.29 Å². The van der Waals surface area contributed by atoms with Crippen molar-refractivity contribution in [3.63, 3.8) is 0 Å². The summed E-state index contributed by atoms with van der Waals surface area (Å²) in [5.74, 6) is -0.439. The fourth-order valence-corrected chi connectivity index (χ4v) is 6.33. The lowest BCUT2D eigenvalue weighted by Crippen LogP contribution is -2.60. The van der Waals surface area contributed by atoms with Crippen molar-refractivity contribution in [2.45, 2.75) is 166 Å². The van der Waals surface area contributed by atoms with E-state index in [1.807, 2.05) is 0 Å². The molecule has 0 aromatic rings. The van der Waals surface area contributed by atoms with Gasteiger partial charge in [0, 0.05) is 13.0 Å². The number of allylic oxidation sites excluding steroid dienone is 14. The average molecular weight is 839 g/mol. The normalized spacial score (nSPS) is 21.4. The molecule has 0 aromatic carbocycles. The van der Waals surface area contributed by atoms with Crippen LogP contribution in [0.3, 0.4) is 0 Å². The summed E-state index contributed by atoms with van der Waals surface area (Å²) in [6.45, 7) is 3.73. The molecule has 332 valence electrons. The van der Waals surface area contributed by atoms with E-state index in [1.165, 1.54) is 12.8 Å². The number of aliphatic hydroxyl groups is 3. The molecule has 1 aliphatic heterocycles. The number of rotatable bonds is 35. The third-order valence-electron chi connectivity index (χ3n) is 9.03. The Morgan fingerprint density at radius 1 is 0.672 bits per heavy atom. The van der Waals surface area contributed by atoms with E-state index >= 15 is 0 Å². The predicted octanol–water partition coefficient (Wildman–Crippen LogP) is 8.51. The number of hydrogen-bond donors (Lipinski definition) is 4. The van der Waals surface area contributed by atoms with E-state index in [0.29, 0.717) is 13.0 Å². The first kappa shape index (κ1) is 53.3. The Morgan fingerprint density at radius 3 is 1.72 bits per heavy atom. The summed E-state index contributed by atoms with van der Waals surface area (Å²) < 4.78 is 58.6. The van der Waals surface area contributed by atoms with Crippen molar-refractivity contribution in [3.8, 4) is 0 Å². The van der Waals surface area contributed by atoms with Gasteiger partial charge < -0.3 is 34.3 Å². The topological polar surface area (TPSA) is 178 Å². The molecule has 0 radical (unpaired) electrons. The number of hydrogen-bond acceptors (Lipinski definition) is 11. The molecule has 1 fully saturated rings. The van der Waals surface area contributed by atoms with Crippen LogP contribution < -0.4 is 0 Å². The monoisotopic (exact) mass is 838 g/mol. The maximum atomic E-state index is 12.8. The van der Waals surface area contributed by atoms with Gasteiger partial charge in [-0.25, -0.2) is 4.18 Å². The van der Waals surface area contributed by atoms with E-state index < -0.39 is 59.8 Å². The van der Waals surface area contributed by atoms with Gasteiger partial charge in [0.1, 0.15) is 30.5 Å². The predicted molar refractivity (Wildman–Crippen MR) is 229 cm³/mol. The first-order chi connectivity index (χ1) is 28.1. The molecule has 1 aliphatic rings. The van der Waals surface area contributed by atoms with Gasteiger partial charge >= 0.3 is 16.4 Å². The Bertz CT molecular complexity index is 1340. The SMILES string of the molecule is CC/C=C\C/C=C\C/C=C\C/C=C\C/C=C\C/C=C\C/C=C\CCCCCC(=O)OC(COCCCCCCCC)COC1OC(CO)C(O)C(OS(=O)(=O)O)C1O. The van der Waals surface area contributed by atoms with Crippen molar-refractivity contribution in [3.05, 3.63) is 85.1 Å². The summed E-state index contributed by atoms with van der Waals surface area (Å²) in [6.07, 6.45) is 38.0. The highest BCUT2D eigenvalue weighted by Crippen LogP contribution is 2.26. The zero-order valence-corrected chi connectivity index (χ0v) is 35.9. The second-order valence-corrected chi connectivity index (χ2v) is 15.3. The number of aliphatic hydroxyl groups excluding tert-OH is 3. The van der Waals surface area contributed by atoms with Crippen LogP contribution in [0.5, 0.6) is 0 Å². The summed E-state index contributed by atoms with van der Waals surface area (Å²) in [4.78, 5) is 12.8. The Hall–Kier alpha value is -2.72. The molecule has 1 saturated heterocycles. The Morgan fingerprint density at radius 2 is 1.19 bits per heavy atom. The first-order valence-corrected chi connectivity index (χ1v) is 22.7. The minimum Gasteiger partial charge on any atom is -0.457 e. The molecule has 1 heterocycles. The van der Waals surface area contributed by atoms with Gasteiger partial charge in [-0.15, -0.1) is 0 Å². The van der Waals surface area contributed by atoms with Gasteiger partial charge in [-0.2, -0.15) is 8.42 Å². The maximum absolute atomic E-state index is 12.8. The standard InChI is InChI=1S/C45H74O12S/c1-3-5-7-9-11-12-13-14-15-16-17-18-19-20-21-22-23-24-25-26-27-28-29-30-32-34-41(47)55-39(37-53-35-33-31-10-8-6-4-2)38-54-45-43(49)44(57-58(50,51)52)42(48)40(36-46)56-45/h5,7,11-12,14-15,17-18,20-21,23-24,26-27,39-40,42-46,48-49H,3-4,6,8-10,13,16,19,22,25,28-38H2,1-2H3,(H,50,51,52)/b7-5-,12-11-,15-14-,18-17-,21-20-,24-23-,27-26-. The Balaban J connectivity index is 2.37. The summed E-state index contributed by atoms with van der Waals surface area (Å²) in [5, 5.41) is 30.5. The Labute approximate surface area is 349 Å². The third-order valence-corrected chi connectivity index (χ3v) is 9.50. The molecule has 4 N–H and O–H groups in total. The van der Waals surface area contributed by atoms with E-state index in [0.717, 1.165) is 89.9 Å². The van der Waals surface area contributed by atoms with E-state index in [9.17, 15) is 28.5 Å². The van der Waals surface area contributed by atoms with Crippen molar-refractivity contribution in [1.82, 2.24) is 0 Å². The van der Waals surface area contributed by atoms with Gasteiger partial charge in [0.25, 0.3) is 0 Å². The van der Waals surface area contributed by atoms with Gasteiger partial charge in [-0.1, -0.05) is 137 Å². The molecule has 0 spiro atoms. The number of unbranched alkanes of at least 4 members (excludes halogenated alkanes) is 8. The fraction of sp³-hybridized carbons (Fsp3) is 0.667. The lowest BCUT2D eigenvalue weighted by molar-refractivity contribution is -0.301. The van der Waals surface area contributed by atoms with Crippen LogP contribution in [0.1, 0.15) is 129 Å². The van der Waals surface area contributed by atoms with Crippen molar-refractivity contribution in [2.24, 2.45) is 0 Å². The van der Waals surface area contributed by atoms with Crippen molar-refractivity contribution >= 4 is 16.4 Å². The zero-order chi connectivity index (χ0) is 42.5. The highest BCUT2D eigenvalue weighted by atomic mass is 32.3. The van der Waals surface area contributed by atoms with Crippen LogP contribution in [0.4, 0.5) is 0 Å². The molecular weight excluding hydrogens is 765 g/mol. The van der Waals surface area contributed by atoms with Crippen LogP contribution in [0.2, 0.25) is 0 Å². The quantitative estimate of drug-likeness (QED) is 0.0207. The molecule has 0 amide bonds. The smallest absolute Gasteiger partial charge is 0.397 e. The molecule has 0 saturated carbocycles. The van der Waals surface area contributed by atoms with E-state index in [2.05, 4.69) is 103 Å². The van der Waals surface area contributed by atoms with Crippen LogP contribution in [0.15, 0.2) is 85.1 Å². The molecule has 0 aliphatic carbocycles. The summed E-state index contributed by atoms with van der Waals surface area (Å²) >= 11 is 0. The number of esters is 1. The second-order valence-electron chi connectivity index (χ2n) is 14.2. The highest BCUT2D eigenvalue weighted by Gasteiger charge is 2.48. The summed E-state index contributed by atoms with van der Waals surface area (Å²) in [5.41, 5.74) is 0. The molecular formula is C45H74O12S. The molecule has 6 unspecified atom stereocenters. The van der Waals surface area contributed by atoms with Crippen LogP contribution in [0, 0.1) is 0 Å². The lowest BCUT2D eigenvalue weighted by atomic mass is 9.99. The lowest BCUT2D eigenvalue weighted by Gasteiger charge is -2.41. The molecule has 12 nitrogen and oxygen atoms in total. The van der Waals surface area contributed by atoms with Gasteiger partial charge in [-0.05, 0) is 70.6 Å². The molecule has 1 rings (SSSR count). The first-order valence-electron chi connectivity index (χ1n) is 21.3. The third kappa shape index (κ3) is 29.5. The zero-order valence-electron chi connectivity index (χ0n) is 35.1. The van der Waals surface area contributed by atoms with Crippen LogP contribution >= 0.6 is 0 Å². The summed E-state index contributed by atoms with van der Waals surface area (Å²) in [6, 6.07) is 0. The highest BCUT2D eigenvalue weighted by molar-refractivity contribution is 7.80. The van der Waals surface area contributed by atoms with E-state index in [-0.39, 0.29) is 19.6 Å². The molecule has 13 heteroatoms. The van der Waals surface area contributed by atoms with Crippen molar-refractivity contribution in [1.29, 1.82) is 0 Å². The van der Waals surface area contributed by atoms with E-state index in [4.69, 9.17) is 23.5 Å². The van der Waals surface area contributed by atoms with E-state index in [1.54, 1.807) is 0 Å². The minimum atomic E-state index is -5.06. The van der Waals surface area contributed by atoms with Crippen molar-refractivity contribution < 1.29 is 56.2 Å². The molecule has 0 bridgehead atoms. The van der Waals surface area contributed by atoms with Gasteiger partial charge in [0.2, 0.25) is 0 Å². The van der Waals surface area contributed by atoms with Gasteiger partial charge in [0.05, 0.1) is 19.8 Å². The molecule has 58 heavy (non-hydrogen) atoms. The van der Waals surface area contributed by atoms with Gasteiger partial charge in [-0.3, -0.25) is 9.35 Å². The van der Waals surface area contributed by atoms with Crippen molar-refractivity contribution in [2.75, 3.05) is 26.4 Å². The summed E-state index contributed by atoms with van der Waals surface area (Å²) in [7, 11) is -5.06. The number of carbonyl (C=O) groups is 1. The number of ether oxygens (including phenoxy) is 4. The number of carbonyl (C=O) groups excluding carboxylic acids is 1. The molecule has 6 atom stereocenters. The average Bonchev–Trinajstić information content (AvgIpc) is 3.19. The Kier molecular flexibility index (Phi) is 33.2. The minimum absolute atomic E-state index is 0.0159. The van der Waals surface area contributed by atoms with Crippen LogP contribution in [0.25, 0.3) is 0 Å². The van der Waals surface area contributed by atoms with Crippen LogP contribution in [-0.4, -0.2) is 97.5 Å². The maximum Gasteiger partial charge on any atom is 0.397 e. The largest absolute Gasteiger partial charge is 0.457 e. The fourth-order valence-electron chi connectivity index (χ4n) is 5.83. The second kappa shape index (κ2) is 36.2.